The quantitative estimate of drug-likeness (QED) is 0.205. The molecule has 8 rings (SSSR count). The fraction of sp³-hybridized carbons (Fsp3) is 0. The molecule has 0 saturated heterocycles. The predicted octanol–water partition coefficient (Wildman–Crippen LogP) is 7.19. The lowest BCUT2D eigenvalue weighted by Gasteiger charge is -2.02. The van der Waals surface area contributed by atoms with Gasteiger partial charge in [-0.3, -0.25) is 29.9 Å². The van der Waals surface area contributed by atoms with Crippen LogP contribution in [-0.2, 0) is 0 Å². The lowest BCUT2D eigenvalue weighted by atomic mass is 10.1. The summed E-state index contributed by atoms with van der Waals surface area (Å²) in [6.45, 7) is 0. The van der Waals surface area contributed by atoms with Gasteiger partial charge in [0.15, 0.2) is 0 Å². The summed E-state index contributed by atoms with van der Waals surface area (Å²) in [7, 11) is 0. The molecule has 0 atom stereocenters. The average Bonchev–Trinajstić information content (AvgIpc) is 3.81. The van der Waals surface area contributed by atoms with Crippen LogP contribution in [-0.4, -0.2) is 49.8 Å². The van der Waals surface area contributed by atoms with Crippen molar-refractivity contribution in [1.29, 1.82) is 0 Å². The predicted molar refractivity (Wildman–Crippen MR) is 177 cm³/mol. The van der Waals surface area contributed by atoms with Crippen molar-refractivity contribution >= 4 is 0 Å². The molecule has 8 aromatic heterocycles. The van der Waals surface area contributed by atoms with Crippen molar-refractivity contribution in [2.24, 2.45) is 0 Å². The number of nitrogens with one attached hydrogen (secondary N) is 2. The molecular weight excluding hydrogens is 572 g/mol. The first-order chi connectivity index (χ1) is 22.8. The zero-order valence-corrected chi connectivity index (χ0v) is 24.4. The molecule has 0 aliphatic heterocycles. The summed E-state index contributed by atoms with van der Waals surface area (Å²) in [6.07, 6.45) is 21.2. The van der Waals surface area contributed by atoms with E-state index in [1.807, 2.05) is 72.8 Å². The Balaban J connectivity index is 0.000000147. The Morgan fingerprint density at radius 2 is 0.522 bits per heavy atom. The van der Waals surface area contributed by atoms with Gasteiger partial charge in [0, 0.05) is 108 Å². The number of hydrogen-bond acceptors (Lipinski definition) is 8. The van der Waals surface area contributed by atoms with Crippen LogP contribution in [0.1, 0.15) is 0 Å². The van der Waals surface area contributed by atoms with Gasteiger partial charge in [-0.05, 0) is 72.8 Å². The van der Waals surface area contributed by atoms with Crippen molar-refractivity contribution < 1.29 is 0 Å². The van der Waals surface area contributed by atoms with E-state index in [2.05, 4.69) is 39.9 Å². The van der Waals surface area contributed by atoms with Gasteiger partial charge in [0.2, 0.25) is 0 Å². The highest BCUT2D eigenvalue weighted by Gasteiger charge is 2.16. The average molecular weight is 599 g/mol. The largest absolute Gasteiger partial charge is 0.337 e. The van der Waals surface area contributed by atoms with Crippen LogP contribution >= 0.6 is 0 Å². The number of aromatic nitrogens is 10. The summed E-state index contributed by atoms with van der Waals surface area (Å²) in [5.41, 5.74) is 9.82. The van der Waals surface area contributed by atoms with Gasteiger partial charge in [-0.1, -0.05) is 0 Å². The first-order valence-corrected chi connectivity index (χ1v) is 14.5. The maximum atomic E-state index is 4.80. The smallest absolute Gasteiger partial charge is 0.138 e. The van der Waals surface area contributed by atoms with Gasteiger partial charge >= 0.3 is 0 Å². The molecule has 0 radical (unpaired) electrons. The molecule has 0 unspecified atom stereocenters. The van der Waals surface area contributed by atoms with Crippen LogP contribution in [0, 0.1) is 0 Å². The lowest BCUT2D eigenvalue weighted by molar-refractivity contribution is 1.27. The molecule has 2 N–H and O–H groups in total. The zero-order chi connectivity index (χ0) is 31.0. The fourth-order valence-corrected chi connectivity index (χ4v) is 4.93. The Morgan fingerprint density at radius 3 is 0.804 bits per heavy atom. The van der Waals surface area contributed by atoms with E-state index in [4.69, 9.17) is 9.97 Å². The number of rotatable bonds is 6. The third kappa shape index (κ3) is 6.17. The number of pyridine rings is 6. The second-order valence-corrected chi connectivity index (χ2v) is 10.0. The second kappa shape index (κ2) is 13.3. The van der Waals surface area contributed by atoms with Gasteiger partial charge in [-0.15, -0.1) is 0 Å². The third-order valence-corrected chi connectivity index (χ3v) is 7.16. The standard InChI is InChI=1S/2C18H13N5/c2*1-7-19-8-2-13(1)16-17(14-3-9-20-10-4-14)23-18(22-16)15-5-11-21-12-6-15/h2*1-12H,(H,22,23). The molecule has 0 fully saturated rings. The fourth-order valence-electron chi connectivity index (χ4n) is 4.93. The van der Waals surface area contributed by atoms with Crippen molar-refractivity contribution in [2.75, 3.05) is 0 Å². The number of nitrogens with zero attached hydrogens (tertiary/aromatic N) is 8. The monoisotopic (exact) mass is 598 g/mol. The highest BCUT2D eigenvalue weighted by Crippen LogP contribution is 2.33. The highest BCUT2D eigenvalue weighted by molar-refractivity contribution is 5.82. The van der Waals surface area contributed by atoms with Crippen LogP contribution in [0.5, 0.6) is 0 Å². The minimum absolute atomic E-state index is 0.811. The number of aromatic amines is 2. The Kier molecular flexibility index (Phi) is 8.13. The molecule has 10 nitrogen and oxygen atoms in total. The second-order valence-electron chi connectivity index (χ2n) is 10.0. The molecule has 0 spiro atoms. The topological polar surface area (TPSA) is 135 Å². The van der Waals surface area contributed by atoms with E-state index in [0.29, 0.717) is 0 Å². The number of H-pyrrole nitrogens is 2. The van der Waals surface area contributed by atoms with Gasteiger partial charge in [0.1, 0.15) is 11.6 Å². The van der Waals surface area contributed by atoms with E-state index >= 15 is 0 Å². The van der Waals surface area contributed by atoms with E-state index in [-0.39, 0.29) is 0 Å². The molecular formula is C36H26N10. The molecule has 46 heavy (non-hydrogen) atoms. The Bertz CT molecular complexity index is 1850. The summed E-state index contributed by atoms with van der Waals surface area (Å²) in [5, 5.41) is 0. The molecule has 0 saturated carbocycles. The van der Waals surface area contributed by atoms with Crippen LogP contribution in [0.25, 0.3) is 67.8 Å². The Morgan fingerprint density at radius 1 is 0.283 bits per heavy atom. The first kappa shape index (κ1) is 28.1. The lowest BCUT2D eigenvalue weighted by Crippen LogP contribution is -1.84. The molecule has 220 valence electrons. The minimum atomic E-state index is 0.811. The summed E-state index contributed by atoms with van der Waals surface area (Å²) >= 11 is 0. The Hall–Kier alpha value is -6.68. The molecule has 10 heteroatoms. The third-order valence-electron chi connectivity index (χ3n) is 7.16. The van der Waals surface area contributed by atoms with Gasteiger partial charge < -0.3 is 9.97 Å². The van der Waals surface area contributed by atoms with E-state index in [1.54, 1.807) is 74.4 Å². The van der Waals surface area contributed by atoms with E-state index in [9.17, 15) is 0 Å². The molecule has 0 amide bonds. The van der Waals surface area contributed by atoms with E-state index < -0.39 is 0 Å². The van der Waals surface area contributed by atoms with Crippen molar-refractivity contribution in [3.05, 3.63) is 147 Å². The van der Waals surface area contributed by atoms with Gasteiger partial charge in [-0.25, -0.2) is 9.97 Å². The van der Waals surface area contributed by atoms with Crippen molar-refractivity contribution in [2.45, 2.75) is 0 Å². The minimum Gasteiger partial charge on any atom is -0.337 e. The SMILES string of the molecule is c1cc(-c2nc(-c3ccncc3)c(-c3ccncc3)[nH]2)ccn1.c1cc(-c2nc(-c3ccncc3)c(-c3ccncc3)[nH]2)ccn1. The summed E-state index contributed by atoms with van der Waals surface area (Å²) in [4.78, 5) is 40.9. The van der Waals surface area contributed by atoms with Crippen molar-refractivity contribution in [3.63, 3.8) is 0 Å². The van der Waals surface area contributed by atoms with E-state index in [0.717, 1.165) is 67.8 Å². The summed E-state index contributed by atoms with van der Waals surface area (Å²) in [6, 6.07) is 23.4. The summed E-state index contributed by atoms with van der Waals surface area (Å²) < 4.78 is 0. The number of imidazole rings is 2. The number of hydrogen-bond donors (Lipinski definition) is 2. The van der Waals surface area contributed by atoms with Gasteiger partial charge in [0.05, 0.1) is 22.8 Å². The van der Waals surface area contributed by atoms with Gasteiger partial charge in [0.25, 0.3) is 0 Å². The highest BCUT2D eigenvalue weighted by atomic mass is 14.9. The normalized spacial score (nSPS) is 10.6. The summed E-state index contributed by atoms with van der Waals surface area (Å²) in [5.74, 6) is 1.62. The van der Waals surface area contributed by atoms with Crippen LogP contribution in [0.15, 0.2) is 147 Å². The van der Waals surface area contributed by atoms with Gasteiger partial charge in [-0.2, -0.15) is 0 Å². The molecule has 0 aliphatic rings. The van der Waals surface area contributed by atoms with Crippen molar-refractivity contribution in [1.82, 2.24) is 49.8 Å². The first-order valence-electron chi connectivity index (χ1n) is 14.5. The Labute approximate surface area is 264 Å². The maximum absolute atomic E-state index is 4.80. The maximum Gasteiger partial charge on any atom is 0.138 e. The van der Waals surface area contributed by atoms with Crippen molar-refractivity contribution in [3.8, 4) is 67.8 Å². The molecule has 0 aromatic carbocycles. The van der Waals surface area contributed by atoms with Crippen LogP contribution in [0.4, 0.5) is 0 Å². The van der Waals surface area contributed by atoms with Crippen LogP contribution in [0.2, 0.25) is 0 Å². The molecule has 8 heterocycles. The molecule has 0 aliphatic carbocycles. The molecule has 0 bridgehead atoms. The zero-order valence-electron chi connectivity index (χ0n) is 24.4. The van der Waals surface area contributed by atoms with Crippen LogP contribution < -0.4 is 0 Å². The van der Waals surface area contributed by atoms with E-state index in [1.165, 1.54) is 0 Å². The molecule has 8 aromatic rings. The van der Waals surface area contributed by atoms with Crippen LogP contribution in [0.3, 0.4) is 0 Å².